The Bertz CT molecular complexity index is 941. The summed E-state index contributed by atoms with van der Waals surface area (Å²) in [5, 5.41) is 1.61. The molecule has 3 rings (SSSR count). The molecule has 0 fully saturated rings. The number of fused-ring (bicyclic) bond motifs is 1. The second-order valence-electron chi connectivity index (χ2n) is 5.71. The van der Waals surface area contributed by atoms with Crippen LogP contribution >= 0.6 is 22.9 Å². The maximum atomic E-state index is 12.3. The fraction of sp³-hybridized carbons (Fsp3) is 0.250. The predicted molar refractivity (Wildman–Crippen MR) is 106 cm³/mol. The Labute approximate surface area is 166 Å². The van der Waals surface area contributed by atoms with E-state index in [9.17, 15) is 4.79 Å². The van der Waals surface area contributed by atoms with Crippen molar-refractivity contribution in [3.63, 3.8) is 0 Å². The molecule has 1 aromatic heterocycles. The molecule has 0 aliphatic heterocycles. The summed E-state index contributed by atoms with van der Waals surface area (Å²) in [5.41, 5.74) is 0.705. The molecule has 5 nitrogen and oxygen atoms in total. The fourth-order valence-corrected chi connectivity index (χ4v) is 4.16. The van der Waals surface area contributed by atoms with Crippen LogP contribution in [0.4, 0.5) is 0 Å². The average molecular weight is 407 g/mol. The van der Waals surface area contributed by atoms with Gasteiger partial charge in [0, 0.05) is 10.1 Å². The molecular weight excluding hydrogens is 388 g/mol. The number of halogens is 1. The number of thiophene rings is 1. The van der Waals surface area contributed by atoms with Gasteiger partial charge in [0.05, 0.1) is 37.6 Å². The largest absolute Gasteiger partial charge is 0.493 e. The molecule has 2 aromatic carbocycles. The second-order valence-corrected chi connectivity index (χ2v) is 7.22. The zero-order valence-corrected chi connectivity index (χ0v) is 16.8. The molecule has 142 valence electrons. The number of carbonyl (C=O) groups is 1. The summed E-state index contributed by atoms with van der Waals surface area (Å²) >= 11 is 7.91. The summed E-state index contributed by atoms with van der Waals surface area (Å²) in [7, 11) is 4.59. The highest BCUT2D eigenvalue weighted by Crippen LogP contribution is 2.38. The number of rotatable bonds is 7. The molecular formula is C20H19ClO5S. The number of hydrogen-bond donors (Lipinski definition) is 0. The Morgan fingerprint density at radius 2 is 1.70 bits per heavy atom. The van der Waals surface area contributed by atoms with Crippen LogP contribution in [0.25, 0.3) is 10.1 Å². The number of carbonyl (C=O) groups excluding carboxylic acids is 1. The first-order chi connectivity index (χ1) is 13.1. The lowest BCUT2D eigenvalue weighted by Crippen LogP contribution is -2.08. The van der Waals surface area contributed by atoms with Crippen molar-refractivity contribution in [3.8, 4) is 17.2 Å². The lowest BCUT2D eigenvalue weighted by atomic mass is 10.1. The normalized spacial score (nSPS) is 10.7. The van der Waals surface area contributed by atoms with Gasteiger partial charge in [0.1, 0.15) is 6.61 Å². The predicted octanol–water partition coefficient (Wildman–Crippen LogP) is 4.87. The Morgan fingerprint density at radius 1 is 1.04 bits per heavy atom. The first kappa shape index (κ1) is 19.3. The molecule has 0 spiro atoms. The Morgan fingerprint density at radius 3 is 2.30 bits per heavy atom. The highest BCUT2D eigenvalue weighted by atomic mass is 35.5. The maximum absolute atomic E-state index is 12.3. The van der Waals surface area contributed by atoms with Gasteiger partial charge in [-0.15, -0.1) is 11.3 Å². The molecule has 0 saturated heterocycles. The van der Waals surface area contributed by atoms with Crippen LogP contribution in [0.2, 0.25) is 5.02 Å². The number of ether oxygens (including phenoxy) is 4. The lowest BCUT2D eigenvalue weighted by Gasteiger charge is -2.14. The standard InChI is InChI=1S/C20H19ClO5S/c1-23-14-8-12(9-15(24-2)20(14)25-3)10-18(22)26-11-17-19(21)13-6-4-5-7-16(13)27-17/h4-9H,10-11H2,1-3H3. The summed E-state index contributed by atoms with van der Waals surface area (Å²) in [4.78, 5) is 13.1. The molecule has 0 atom stereocenters. The summed E-state index contributed by atoms with van der Waals surface area (Å²) in [6.07, 6.45) is 0.0826. The first-order valence-corrected chi connectivity index (χ1v) is 9.37. The van der Waals surface area contributed by atoms with Gasteiger partial charge in [-0.05, 0) is 23.8 Å². The van der Waals surface area contributed by atoms with E-state index in [1.807, 2.05) is 24.3 Å². The minimum atomic E-state index is -0.363. The molecule has 1 heterocycles. The molecule has 0 radical (unpaired) electrons. The molecule has 27 heavy (non-hydrogen) atoms. The molecule has 0 aliphatic rings. The SMILES string of the molecule is COc1cc(CC(=O)OCc2sc3ccccc3c2Cl)cc(OC)c1OC. The first-order valence-electron chi connectivity index (χ1n) is 8.17. The third-order valence-electron chi connectivity index (χ3n) is 4.04. The molecule has 0 N–H and O–H groups in total. The highest BCUT2D eigenvalue weighted by molar-refractivity contribution is 7.19. The van der Waals surface area contributed by atoms with E-state index in [1.54, 1.807) is 12.1 Å². The van der Waals surface area contributed by atoms with Crippen molar-refractivity contribution in [2.24, 2.45) is 0 Å². The number of benzene rings is 2. The van der Waals surface area contributed by atoms with Gasteiger partial charge in [0.2, 0.25) is 5.75 Å². The summed E-state index contributed by atoms with van der Waals surface area (Å²) < 4.78 is 22.4. The van der Waals surface area contributed by atoms with Gasteiger partial charge in [0.25, 0.3) is 0 Å². The minimum Gasteiger partial charge on any atom is -0.493 e. The Hall–Kier alpha value is -2.44. The summed E-state index contributed by atoms with van der Waals surface area (Å²) in [6, 6.07) is 11.3. The maximum Gasteiger partial charge on any atom is 0.310 e. The highest BCUT2D eigenvalue weighted by Gasteiger charge is 2.16. The van der Waals surface area contributed by atoms with Gasteiger partial charge in [-0.3, -0.25) is 4.79 Å². The molecule has 3 aromatic rings. The van der Waals surface area contributed by atoms with Crippen LogP contribution in [-0.4, -0.2) is 27.3 Å². The van der Waals surface area contributed by atoms with E-state index >= 15 is 0 Å². The van der Waals surface area contributed by atoms with Crippen LogP contribution in [0.15, 0.2) is 36.4 Å². The number of hydrogen-bond acceptors (Lipinski definition) is 6. The van der Waals surface area contributed by atoms with Crippen LogP contribution in [-0.2, 0) is 22.6 Å². The third kappa shape index (κ3) is 4.12. The van der Waals surface area contributed by atoms with Crippen LogP contribution in [0, 0.1) is 0 Å². The topological polar surface area (TPSA) is 54.0 Å². The van der Waals surface area contributed by atoms with Gasteiger partial charge >= 0.3 is 5.97 Å². The molecule has 0 saturated carbocycles. The van der Waals surface area contributed by atoms with Gasteiger partial charge in [-0.1, -0.05) is 29.8 Å². The van der Waals surface area contributed by atoms with E-state index in [-0.39, 0.29) is 19.0 Å². The van der Waals surface area contributed by atoms with Crippen LogP contribution in [0.3, 0.4) is 0 Å². The van der Waals surface area contributed by atoms with Crippen molar-refractivity contribution >= 4 is 39.0 Å². The van der Waals surface area contributed by atoms with Crippen molar-refractivity contribution in [2.45, 2.75) is 13.0 Å². The summed E-state index contributed by atoms with van der Waals surface area (Å²) in [5.74, 6) is 1.10. The Balaban J connectivity index is 1.71. The van der Waals surface area contributed by atoms with Gasteiger partial charge in [-0.2, -0.15) is 0 Å². The number of methoxy groups -OCH3 is 3. The number of esters is 1. The van der Waals surface area contributed by atoms with E-state index in [0.717, 1.165) is 15.0 Å². The fourth-order valence-electron chi connectivity index (χ4n) is 2.76. The van der Waals surface area contributed by atoms with Gasteiger partial charge in [-0.25, -0.2) is 0 Å². The lowest BCUT2D eigenvalue weighted by molar-refractivity contribution is -0.144. The summed E-state index contributed by atoms with van der Waals surface area (Å²) in [6.45, 7) is 0.140. The zero-order chi connectivity index (χ0) is 19.4. The third-order valence-corrected chi connectivity index (χ3v) is 5.73. The van der Waals surface area contributed by atoms with Crippen molar-refractivity contribution in [3.05, 3.63) is 51.9 Å². The minimum absolute atomic E-state index is 0.0826. The van der Waals surface area contributed by atoms with Crippen molar-refractivity contribution in [1.29, 1.82) is 0 Å². The second kappa shape index (κ2) is 8.50. The zero-order valence-electron chi connectivity index (χ0n) is 15.2. The van der Waals surface area contributed by atoms with E-state index in [2.05, 4.69) is 0 Å². The van der Waals surface area contributed by atoms with E-state index in [0.29, 0.717) is 27.8 Å². The van der Waals surface area contributed by atoms with Crippen molar-refractivity contribution < 1.29 is 23.7 Å². The van der Waals surface area contributed by atoms with Gasteiger partial charge in [0.15, 0.2) is 11.5 Å². The monoisotopic (exact) mass is 406 g/mol. The van der Waals surface area contributed by atoms with E-state index in [1.165, 1.54) is 32.7 Å². The smallest absolute Gasteiger partial charge is 0.310 e. The van der Waals surface area contributed by atoms with Crippen LogP contribution < -0.4 is 14.2 Å². The average Bonchev–Trinajstić information content (AvgIpc) is 3.01. The van der Waals surface area contributed by atoms with E-state index < -0.39 is 0 Å². The molecule has 0 amide bonds. The Kier molecular flexibility index (Phi) is 6.08. The molecule has 7 heteroatoms. The van der Waals surface area contributed by atoms with Crippen LogP contribution in [0.1, 0.15) is 10.4 Å². The van der Waals surface area contributed by atoms with Crippen molar-refractivity contribution in [1.82, 2.24) is 0 Å². The molecule has 0 bridgehead atoms. The van der Waals surface area contributed by atoms with Crippen LogP contribution in [0.5, 0.6) is 17.2 Å². The molecule has 0 aliphatic carbocycles. The quantitative estimate of drug-likeness (QED) is 0.524. The molecule has 0 unspecified atom stereocenters. The van der Waals surface area contributed by atoms with E-state index in [4.69, 9.17) is 30.5 Å². The van der Waals surface area contributed by atoms with Crippen molar-refractivity contribution in [2.75, 3.05) is 21.3 Å². The van der Waals surface area contributed by atoms with Gasteiger partial charge < -0.3 is 18.9 Å².